The Morgan fingerprint density at radius 2 is 1.89 bits per heavy atom. The van der Waals surface area contributed by atoms with Crippen LogP contribution in [0.5, 0.6) is 0 Å². The molecule has 19 heavy (non-hydrogen) atoms. The molecule has 3 heterocycles. The van der Waals surface area contributed by atoms with Crippen molar-refractivity contribution in [3.8, 4) is 0 Å². The lowest BCUT2D eigenvalue weighted by Crippen LogP contribution is -2.42. The molecule has 0 aliphatic carbocycles. The van der Waals surface area contributed by atoms with Crippen molar-refractivity contribution in [2.45, 2.75) is 31.3 Å². The van der Waals surface area contributed by atoms with E-state index >= 15 is 0 Å². The molecule has 3 aliphatic rings. The molecule has 2 unspecified atom stereocenters. The summed E-state index contributed by atoms with van der Waals surface area (Å²) in [5, 5.41) is 6.18. The molecule has 3 rings (SSSR count). The minimum absolute atomic E-state index is 0. The predicted molar refractivity (Wildman–Crippen MR) is 73.4 cm³/mol. The van der Waals surface area contributed by atoms with Gasteiger partial charge in [0.15, 0.2) is 0 Å². The van der Waals surface area contributed by atoms with Crippen molar-refractivity contribution in [3.05, 3.63) is 0 Å². The maximum Gasteiger partial charge on any atom is 0.324 e. The number of hydrogen-bond donors (Lipinski definition) is 2. The Labute approximate surface area is 119 Å². The summed E-state index contributed by atoms with van der Waals surface area (Å²) in [5.74, 6) is -0.102. The molecule has 2 bridgehead atoms. The first kappa shape index (κ1) is 14.6. The fourth-order valence-corrected chi connectivity index (χ4v) is 3.14. The highest BCUT2D eigenvalue weighted by Crippen LogP contribution is 2.20. The van der Waals surface area contributed by atoms with Crippen molar-refractivity contribution >= 4 is 24.3 Å². The normalized spacial score (nSPS) is 31.1. The van der Waals surface area contributed by atoms with E-state index in [-0.39, 0.29) is 30.9 Å². The molecule has 6 nitrogen and oxygen atoms in total. The quantitative estimate of drug-likeness (QED) is 0.705. The average Bonchev–Trinajstić information content (AvgIpc) is 2.83. The highest BCUT2D eigenvalue weighted by molar-refractivity contribution is 6.01. The summed E-state index contributed by atoms with van der Waals surface area (Å²) < 4.78 is 0. The third-order valence-electron chi connectivity index (χ3n) is 4.18. The van der Waals surface area contributed by atoms with E-state index in [0.29, 0.717) is 18.6 Å². The van der Waals surface area contributed by atoms with E-state index < -0.39 is 0 Å². The Morgan fingerprint density at radius 3 is 2.63 bits per heavy atom. The summed E-state index contributed by atoms with van der Waals surface area (Å²) >= 11 is 0. The lowest BCUT2D eigenvalue weighted by Gasteiger charge is -2.25. The molecule has 0 aromatic carbocycles. The molecule has 108 valence electrons. The number of rotatable bonds is 3. The van der Waals surface area contributed by atoms with Crippen molar-refractivity contribution in [2.24, 2.45) is 0 Å². The monoisotopic (exact) mass is 288 g/mol. The van der Waals surface area contributed by atoms with Gasteiger partial charge < -0.3 is 10.6 Å². The van der Waals surface area contributed by atoms with Gasteiger partial charge in [-0.05, 0) is 25.8 Å². The van der Waals surface area contributed by atoms with E-state index in [1.54, 1.807) is 0 Å². The zero-order valence-corrected chi connectivity index (χ0v) is 11.7. The number of urea groups is 1. The number of likely N-dealkylation sites (tertiary alicyclic amines) is 1. The van der Waals surface area contributed by atoms with Gasteiger partial charge in [0, 0.05) is 31.7 Å². The van der Waals surface area contributed by atoms with Crippen molar-refractivity contribution in [1.29, 1.82) is 0 Å². The van der Waals surface area contributed by atoms with Crippen molar-refractivity contribution < 1.29 is 9.59 Å². The first-order chi connectivity index (χ1) is 8.72. The van der Waals surface area contributed by atoms with Gasteiger partial charge in [-0.25, -0.2) is 4.79 Å². The summed E-state index contributed by atoms with van der Waals surface area (Å²) in [6.07, 6.45) is 3.73. The van der Waals surface area contributed by atoms with Crippen LogP contribution >= 0.6 is 12.4 Å². The van der Waals surface area contributed by atoms with Crippen molar-refractivity contribution in [3.63, 3.8) is 0 Å². The summed E-state index contributed by atoms with van der Waals surface area (Å²) in [5.41, 5.74) is 0. The van der Waals surface area contributed by atoms with Gasteiger partial charge >= 0.3 is 6.03 Å². The summed E-state index contributed by atoms with van der Waals surface area (Å²) in [6.45, 7) is 3.58. The number of amides is 3. The van der Waals surface area contributed by atoms with E-state index in [9.17, 15) is 9.59 Å². The number of halogens is 1. The maximum atomic E-state index is 11.5. The fraction of sp³-hybridized carbons (Fsp3) is 0.833. The number of carbonyl (C=O) groups excluding carboxylic acids is 2. The van der Waals surface area contributed by atoms with Gasteiger partial charge in [-0.15, -0.1) is 12.4 Å². The minimum Gasteiger partial charge on any atom is -0.329 e. The lowest BCUT2D eigenvalue weighted by atomic mass is 10.1. The highest BCUT2D eigenvalue weighted by atomic mass is 35.5. The number of nitrogens with zero attached hydrogens (tertiary/aromatic N) is 2. The van der Waals surface area contributed by atoms with Crippen LogP contribution in [-0.2, 0) is 4.79 Å². The Bertz CT molecular complexity index is 350. The molecule has 0 aromatic heterocycles. The van der Waals surface area contributed by atoms with Crippen LogP contribution < -0.4 is 10.6 Å². The van der Waals surface area contributed by atoms with Gasteiger partial charge in [-0.1, -0.05) is 0 Å². The topological polar surface area (TPSA) is 64.7 Å². The maximum absolute atomic E-state index is 11.5. The van der Waals surface area contributed by atoms with E-state index in [2.05, 4.69) is 15.5 Å². The molecule has 0 saturated carbocycles. The van der Waals surface area contributed by atoms with Gasteiger partial charge in [0.2, 0.25) is 5.91 Å². The Hall–Kier alpha value is -0.850. The molecular weight excluding hydrogens is 268 g/mol. The summed E-state index contributed by atoms with van der Waals surface area (Å²) in [7, 11) is 0. The average molecular weight is 289 g/mol. The standard InChI is InChI=1S/C12H20N4O2.ClH/c17-11-7-13-12(18)16(11)6-5-15-4-3-9-1-2-10(8-15)14-9;/h9-10,14H,1-8H2,(H,13,18);1H. The van der Waals surface area contributed by atoms with Crippen LogP contribution in [0.2, 0.25) is 0 Å². The zero-order valence-electron chi connectivity index (χ0n) is 10.9. The first-order valence-electron chi connectivity index (χ1n) is 6.79. The predicted octanol–water partition coefficient (Wildman–Crippen LogP) is -0.214. The molecule has 7 heteroatoms. The van der Waals surface area contributed by atoms with Crippen LogP contribution in [0.1, 0.15) is 19.3 Å². The molecule has 3 fully saturated rings. The van der Waals surface area contributed by atoms with E-state index in [1.165, 1.54) is 24.2 Å². The van der Waals surface area contributed by atoms with Crippen LogP contribution in [0.4, 0.5) is 4.79 Å². The summed E-state index contributed by atoms with van der Waals surface area (Å²) in [6, 6.07) is 1.03. The molecule has 0 aromatic rings. The van der Waals surface area contributed by atoms with Crippen LogP contribution in [0, 0.1) is 0 Å². The first-order valence-corrected chi connectivity index (χ1v) is 6.79. The van der Waals surface area contributed by atoms with Gasteiger partial charge in [0.1, 0.15) is 0 Å². The van der Waals surface area contributed by atoms with E-state index in [0.717, 1.165) is 19.6 Å². The summed E-state index contributed by atoms with van der Waals surface area (Å²) in [4.78, 5) is 26.6. The Balaban J connectivity index is 0.00000133. The Morgan fingerprint density at radius 1 is 1.11 bits per heavy atom. The number of nitrogens with one attached hydrogen (secondary N) is 2. The molecule has 2 N–H and O–H groups in total. The van der Waals surface area contributed by atoms with Crippen molar-refractivity contribution in [2.75, 3.05) is 32.7 Å². The second kappa shape index (κ2) is 6.07. The fourth-order valence-electron chi connectivity index (χ4n) is 3.14. The lowest BCUT2D eigenvalue weighted by molar-refractivity contribution is -0.125. The largest absolute Gasteiger partial charge is 0.329 e. The molecule has 3 saturated heterocycles. The van der Waals surface area contributed by atoms with Gasteiger partial charge in [0.25, 0.3) is 0 Å². The van der Waals surface area contributed by atoms with Crippen LogP contribution in [0.3, 0.4) is 0 Å². The minimum atomic E-state index is -0.241. The SMILES string of the molecule is Cl.O=C1CNC(=O)N1CCN1CCC2CCC(C1)N2. The number of imide groups is 1. The molecule has 2 atom stereocenters. The van der Waals surface area contributed by atoms with Crippen LogP contribution in [0.15, 0.2) is 0 Å². The number of fused-ring (bicyclic) bond motifs is 2. The van der Waals surface area contributed by atoms with Gasteiger partial charge in [0.05, 0.1) is 6.54 Å². The van der Waals surface area contributed by atoms with E-state index in [1.807, 2.05) is 0 Å². The zero-order chi connectivity index (χ0) is 12.5. The number of hydrogen-bond acceptors (Lipinski definition) is 4. The molecule has 3 aliphatic heterocycles. The molecular formula is C12H21ClN4O2. The molecule has 0 radical (unpaired) electrons. The third kappa shape index (κ3) is 3.19. The molecule has 3 amide bonds. The molecule has 0 spiro atoms. The third-order valence-corrected chi connectivity index (χ3v) is 4.18. The smallest absolute Gasteiger partial charge is 0.324 e. The van der Waals surface area contributed by atoms with Crippen molar-refractivity contribution in [1.82, 2.24) is 20.4 Å². The highest BCUT2D eigenvalue weighted by Gasteiger charge is 2.31. The van der Waals surface area contributed by atoms with Gasteiger partial charge in [-0.3, -0.25) is 14.6 Å². The second-order valence-corrected chi connectivity index (χ2v) is 5.43. The second-order valence-electron chi connectivity index (χ2n) is 5.43. The van der Waals surface area contributed by atoms with Crippen LogP contribution in [0.25, 0.3) is 0 Å². The van der Waals surface area contributed by atoms with Crippen LogP contribution in [-0.4, -0.2) is 66.5 Å². The Kier molecular flexibility index (Phi) is 4.65. The van der Waals surface area contributed by atoms with Gasteiger partial charge in [-0.2, -0.15) is 0 Å². The number of carbonyl (C=O) groups is 2. The van der Waals surface area contributed by atoms with E-state index in [4.69, 9.17) is 0 Å².